The highest BCUT2D eigenvalue weighted by Crippen LogP contribution is 2.36. The molecule has 0 bridgehead atoms. The average Bonchev–Trinajstić information content (AvgIpc) is 3.35. The summed E-state index contributed by atoms with van der Waals surface area (Å²) in [4.78, 5) is 17.3. The van der Waals surface area contributed by atoms with Crippen LogP contribution in [0.25, 0.3) is 21.8 Å². The largest absolute Gasteiger partial charge is 0.495 e. The molecular weight excluding hydrogens is 454 g/mol. The third-order valence-corrected chi connectivity index (χ3v) is 5.98. The smallest absolute Gasteiger partial charge is 0.323 e. The van der Waals surface area contributed by atoms with Crippen LogP contribution in [-0.4, -0.2) is 28.3 Å². The van der Waals surface area contributed by atoms with Gasteiger partial charge in [-0.25, -0.2) is 9.78 Å². The van der Waals surface area contributed by atoms with Crippen LogP contribution in [0.15, 0.2) is 73.1 Å². The Morgan fingerprint density at radius 2 is 1.58 bits per heavy atom. The minimum Gasteiger partial charge on any atom is -0.495 e. The fraction of sp³-hybridized carbons (Fsp3) is 0.179. The highest BCUT2D eigenvalue weighted by atomic mass is 16.5. The summed E-state index contributed by atoms with van der Waals surface area (Å²) in [6.07, 6.45) is 3.35. The number of carbonyl (C=O) groups is 1. The number of amides is 2. The summed E-state index contributed by atoms with van der Waals surface area (Å²) in [6, 6.07) is 18.7. The Hall–Kier alpha value is -4.59. The van der Waals surface area contributed by atoms with Gasteiger partial charge in [0, 0.05) is 17.0 Å². The highest BCUT2D eigenvalue weighted by molar-refractivity contribution is 6.08. The molecule has 0 aliphatic rings. The zero-order valence-electron chi connectivity index (χ0n) is 20.5. The van der Waals surface area contributed by atoms with E-state index in [1.54, 1.807) is 25.6 Å². The summed E-state index contributed by atoms with van der Waals surface area (Å²) in [5, 5.41) is 15.3. The monoisotopic (exact) mass is 481 g/mol. The van der Waals surface area contributed by atoms with Crippen LogP contribution in [0.1, 0.15) is 26.3 Å². The van der Waals surface area contributed by atoms with Gasteiger partial charge in [0.25, 0.3) is 0 Å². The maximum Gasteiger partial charge on any atom is 0.323 e. The summed E-state index contributed by atoms with van der Waals surface area (Å²) in [5.74, 6) is 1.89. The van der Waals surface area contributed by atoms with E-state index in [0.29, 0.717) is 34.3 Å². The van der Waals surface area contributed by atoms with Gasteiger partial charge >= 0.3 is 6.03 Å². The molecule has 0 atom stereocenters. The summed E-state index contributed by atoms with van der Waals surface area (Å²) in [7, 11) is 1.58. The average molecular weight is 482 g/mol. The van der Waals surface area contributed by atoms with Crippen molar-refractivity contribution in [3.05, 3.63) is 78.6 Å². The molecule has 3 aromatic carbocycles. The molecule has 0 saturated carbocycles. The van der Waals surface area contributed by atoms with Gasteiger partial charge in [-0.1, -0.05) is 51.1 Å². The van der Waals surface area contributed by atoms with Gasteiger partial charge in [-0.05, 0) is 41.3 Å². The Bertz CT molecular complexity index is 1570. The molecule has 2 heterocycles. The van der Waals surface area contributed by atoms with E-state index in [1.807, 2.05) is 54.6 Å². The third-order valence-electron chi connectivity index (χ3n) is 5.98. The van der Waals surface area contributed by atoms with Crippen molar-refractivity contribution in [2.45, 2.75) is 26.2 Å². The molecule has 0 saturated heterocycles. The van der Waals surface area contributed by atoms with Crippen molar-refractivity contribution in [2.24, 2.45) is 0 Å². The zero-order chi connectivity index (χ0) is 25.3. The van der Waals surface area contributed by atoms with Gasteiger partial charge in [0.2, 0.25) is 0 Å². The molecule has 2 aromatic heterocycles. The molecule has 5 aromatic rings. The number of aromatic nitrogens is 3. The maximum atomic E-state index is 13.0. The Morgan fingerprint density at radius 1 is 0.861 bits per heavy atom. The molecule has 8 nitrogen and oxygen atoms in total. The van der Waals surface area contributed by atoms with E-state index >= 15 is 0 Å². The lowest BCUT2D eigenvalue weighted by molar-refractivity contribution is 0.262. The number of hydrogen-bond acceptors (Lipinski definition) is 5. The number of carbonyl (C=O) groups excluding carboxylic acids is 1. The summed E-state index contributed by atoms with van der Waals surface area (Å²) >= 11 is 0. The Labute approximate surface area is 208 Å². The molecule has 182 valence electrons. The third kappa shape index (κ3) is 4.53. The van der Waals surface area contributed by atoms with Gasteiger partial charge in [0.15, 0.2) is 5.65 Å². The molecule has 0 fully saturated rings. The van der Waals surface area contributed by atoms with Crippen LogP contribution in [0, 0.1) is 0 Å². The highest BCUT2D eigenvalue weighted by Gasteiger charge is 2.18. The number of rotatable bonds is 5. The van der Waals surface area contributed by atoms with Crippen molar-refractivity contribution >= 4 is 39.2 Å². The van der Waals surface area contributed by atoms with Gasteiger partial charge in [-0.15, -0.1) is 0 Å². The number of nitrogens with zero attached hydrogens (tertiary/aromatic N) is 2. The standard InChI is InChI=1S/C28H27N5O3/c1-28(2,3)17-9-11-25(35-4)22(15-17)32-27(34)31-21-10-12-23(19-8-6-5-7-18(19)21)36-24-13-14-29-26-20(24)16-30-33-26/h5-16H,1-4H3,(H,29,30,33)(H2,31,32,34). The fourth-order valence-electron chi connectivity index (χ4n) is 4.05. The normalized spacial score (nSPS) is 11.4. The Morgan fingerprint density at radius 3 is 2.36 bits per heavy atom. The second-order valence-corrected chi connectivity index (χ2v) is 9.44. The van der Waals surface area contributed by atoms with E-state index in [0.717, 1.165) is 21.7 Å². The predicted octanol–water partition coefficient (Wildman–Crippen LogP) is 6.85. The van der Waals surface area contributed by atoms with Crippen molar-refractivity contribution in [1.82, 2.24) is 15.2 Å². The fourth-order valence-corrected chi connectivity index (χ4v) is 4.05. The van der Waals surface area contributed by atoms with Crippen LogP contribution in [0.2, 0.25) is 0 Å². The number of urea groups is 1. The van der Waals surface area contributed by atoms with Gasteiger partial charge in [0.05, 0.1) is 30.1 Å². The first kappa shape index (κ1) is 23.2. The summed E-state index contributed by atoms with van der Waals surface area (Å²) in [5.41, 5.74) is 2.94. The molecule has 5 rings (SSSR count). The van der Waals surface area contributed by atoms with Gasteiger partial charge < -0.3 is 20.1 Å². The van der Waals surface area contributed by atoms with Crippen molar-refractivity contribution in [3.63, 3.8) is 0 Å². The van der Waals surface area contributed by atoms with E-state index < -0.39 is 0 Å². The van der Waals surface area contributed by atoms with Crippen LogP contribution in [-0.2, 0) is 5.41 Å². The van der Waals surface area contributed by atoms with Crippen molar-refractivity contribution in [2.75, 3.05) is 17.7 Å². The van der Waals surface area contributed by atoms with Gasteiger partial charge in [-0.3, -0.25) is 5.10 Å². The van der Waals surface area contributed by atoms with E-state index in [9.17, 15) is 4.79 Å². The first-order chi connectivity index (χ1) is 17.3. The molecule has 0 radical (unpaired) electrons. The summed E-state index contributed by atoms with van der Waals surface area (Å²) in [6.45, 7) is 6.37. The number of ether oxygens (including phenoxy) is 2. The molecule has 0 spiro atoms. The van der Waals surface area contributed by atoms with Crippen LogP contribution < -0.4 is 20.1 Å². The topological polar surface area (TPSA) is 101 Å². The second kappa shape index (κ2) is 9.22. The quantitative estimate of drug-likeness (QED) is 0.255. The minimum atomic E-state index is -0.368. The number of hydrogen-bond donors (Lipinski definition) is 3. The molecule has 0 unspecified atom stereocenters. The first-order valence-electron chi connectivity index (χ1n) is 11.6. The lowest BCUT2D eigenvalue weighted by Gasteiger charge is -2.21. The van der Waals surface area contributed by atoms with E-state index in [-0.39, 0.29) is 11.4 Å². The number of nitrogens with one attached hydrogen (secondary N) is 3. The van der Waals surface area contributed by atoms with Crippen molar-refractivity contribution in [3.8, 4) is 17.2 Å². The SMILES string of the molecule is COc1ccc(C(C)(C)C)cc1NC(=O)Nc1ccc(Oc2ccnc3[nH]ncc23)c2ccccc12. The maximum absolute atomic E-state index is 13.0. The number of fused-ring (bicyclic) bond motifs is 2. The Kier molecular flexibility index (Phi) is 5.93. The number of anilines is 2. The number of benzene rings is 3. The molecule has 0 aliphatic carbocycles. The lowest BCUT2D eigenvalue weighted by Crippen LogP contribution is -2.21. The minimum absolute atomic E-state index is 0.0674. The molecule has 2 amide bonds. The van der Waals surface area contributed by atoms with Crippen LogP contribution in [0.5, 0.6) is 17.2 Å². The molecule has 36 heavy (non-hydrogen) atoms. The van der Waals surface area contributed by atoms with E-state index in [4.69, 9.17) is 9.47 Å². The summed E-state index contributed by atoms with van der Waals surface area (Å²) < 4.78 is 11.7. The number of H-pyrrole nitrogens is 1. The number of pyridine rings is 1. The number of methoxy groups -OCH3 is 1. The number of aromatic amines is 1. The van der Waals surface area contributed by atoms with Gasteiger partial charge in [0.1, 0.15) is 17.2 Å². The molecular formula is C28H27N5O3. The second-order valence-electron chi connectivity index (χ2n) is 9.44. The predicted molar refractivity (Wildman–Crippen MR) is 142 cm³/mol. The van der Waals surface area contributed by atoms with Crippen LogP contribution >= 0.6 is 0 Å². The van der Waals surface area contributed by atoms with Gasteiger partial charge in [-0.2, -0.15) is 5.10 Å². The lowest BCUT2D eigenvalue weighted by atomic mass is 9.87. The van der Waals surface area contributed by atoms with E-state index in [2.05, 4.69) is 46.6 Å². The zero-order valence-corrected chi connectivity index (χ0v) is 20.5. The molecule has 8 heteroatoms. The Balaban J connectivity index is 1.43. The molecule has 0 aliphatic heterocycles. The first-order valence-corrected chi connectivity index (χ1v) is 11.6. The van der Waals surface area contributed by atoms with Crippen LogP contribution in [0.4, 0.5) is 16.2 Å². The molecule has 3 N–H and O–H groups in total. The van der Waals surface area contributed by atoms with Crippen LogP contribution in [0.3, 0.4) is 0 Å². The van der Waals surface area contributed by atoms with Crippen molar-refractivity contribution < 1.29 is 14.3 Å². The van der Waals surface area contributed by atoms with E-state index in [1.165, 1.54) is 0 Å². The van der Waals surface area contributed by atoms with Crippen molar-refractivity contribution in [1.29, 1.82) is 0 Å².